The molecule has 2 amide bonds. The number of aromatic nitrogens is 1. The fraction of sp³-hybridized carbons (Fsp3) is 0.0909. The Hall–Kier alpha value is -4.00. The molecule has 0 aliphatic carbocycles. The zero-order valence-corrected chi connectivity index (χ0v) is 15.7. The number of amides is 2. The van der Waals surface area contributed by atoms with Gasteiger partial charge in [0.2, 0.25) is 0 Å². The van der Waals surface area contributed by atoms with Gasteiger partial charge in [-0.2, -0.15) is 0 Å². The maximum Gasteiger partial charge on any atom is 0.308 e. The molecule has 0 aliphatic rings. The zero-order valence-electron chi connectivity index (χ0n) is 15.7. The van der Waals surface area contributed by atoms with Crippen LogP contribution in [0.4, 0.5) is 5.69 Å². The van der Waals surface area contributed by atoms with Gasteiger partial charge < -0.3 is 15.4 Å². The van der Waals surface area contributed by atoms with Crippen LogP contribution in [0.5, 0.6) is 5.75 Å². The Morgan fingerprint density at radius 2 is 1.62 bits per heavy atom. The zero-order chi connectivity index (χ0) is 20.6. The highest BCUT2D eigenvalue weighted by Crippen LogP contribution is 2.14. The van der Waals surface area contributed by atoms with Crippen LogP contribution in [0.1, 0.15) is 33.2 Å². The highest BCUT2D eigenvalue weighted by atomic mass is 16.5. The lowest BCUT2D eigenvalue weighted by Crippen LogP contribution is -2.22. The third kappa shape index (κ3) is 5.74. The quantitative estimate of drug-likeness (QED) is 0.498. The van der Waals surface area contributed by atoms with Gasteiger partial charge in [0.25, 0.3) is 11.8 Å². The number of carbonyl (C=O) groups is 3. The summed E-state index contributed by atoms with van der Waals surface area (Å²) in [7, 11) is 0. The summed E-state index contributed by atoms with van der Waals surface area (Å²) in [6, 6.07) is 16.8. The largest absolute Gasteiger partial charge is 0.427 e. The van der Waals surface area contributed by atoms with Crippen molar-refractivity contribution >= 4 is 23.5 Å². The molecule has 146 valence electrons. The fourth-order valence-electron chi connectivity index (χ4n) is 2.56. The van der Waals surface area contributed by atoms with Crippen LogP contribution < -0.4 is 15.4 Å². The van der Waals surface area contributed by atoms with Gasteiger partial charge in [0.05, 0.1) is 0 Å². The van der Waals surface area contributed by atoms with Crippen LogP contribution in [0.3, 0.4) is 0 Å². The van der Waals surface area contributed by atoms with E-state index in [1.165, 1.54) is 13.0 Å². The number of hydrogen-bond acceptors (Lipinski definition) is 5. The molecule has 3 rings (SSSR count). The predicted molar refractivity (Wildman–Crippen MR) is 108 cm³/mol. The van der Waals surface area contributed by atoms with Crippen LogP contribution >= 0.6 is 0 Å². The fourth-order valence-corrected chi connectivity index (χ4v) is 2.56. The molecule has 0 atom stereocenters. The van der Waals surface area contributed by atoms with Crippen molar-refractivity contribution in [1.29, 1.82) is 0 Å². The van der Waals surface area contributed by atoms with E-state index in [1.54, 1.807) is 54.9 Å². The summed E-state index contributed by atoms with van der Waals surface area (Å²) in [6.07, 6.45) is 3.12. The van der Waals surface area contributed by atoms with Crippen molar-refractivity contribution in [3.8, 4) is 5.75 Å². The second-order valence-corrected chi connectivity index (χ2v) is 6.19. The predicted octanol–water partition coefficient (Wildman–Crippen LogP) is 3.19. The molecule has 29 heavy (non-hydrogen) atoms. The van der Waals surface area contributed by atoms with Crippen molar-refractivity contribution in [3.05, 3.63) is 89.7 Å². The topological polar surface area (TPSA) is 97.4 Å². The Balaban J connectivity index is 1.55. The minimum Gasteiger partial charge on any atom is -0.427 e. The molecule has 0 aliphatic heterocycles. The van der Waals surface area contributed by atoms with Crippen molar-refractivity contribution in [2.45, 2.75) is 13.5 Å². The minimum absolute atomic E-state index is 0.221. The SMILES string of the molecule is CC(=O)Oc1cccc(C(=O)NCc2ccc(NC(=O)c3ccncc3)cc2)c1. The van der Waals surface area contributed by atoms with Crippen LogP contribution in [-0.2, 0) is 11.3 Å². The van der Waals surface area contributed by atoms with Crippen molar-refractivity contribution in [2.24, 2.45) is 0 Å². The van der Waals surface area contributed by atoms with Gasteiger partial charge in [-0.05, 0) is 48.0 Å². The Labute approximate surface area is 167 Å². The molecule has 1 aromatic heterocycles. The van der Waals surface area contributed by atoms with E-state index in [1.807, 2.05) is 12.1 Å². The number of esters is 1. The molecule has 0 radical (unpaired) electrons. The third-order valence-corrected chi connectivity index (χ3v) is 3.97. The maximum atomic E-state index is 12.3. The van der Waals surface area contributed by atoms with Crippen LogP contribution in [-0.4, -0.2) is 22.8 Å². The molecule has 0 spiro atoms. The number of benzene rings is 2. The summed E-state index contributed by atoms with van der Waals surface area (Å²) in [5.41, 5.74) is 2.43. The van der Waals surface area contributed by atoms with Crippen LogP contribution in [0.25, 0.3) is 0 Å². The normalized spacial score (nSPS) is 10.1. The average Bonchev–Trinajstić information content (AvgIpc) is 2.73. The summed E-state index contributed by atoms with van der Waals surface area (Å²) >= 11 is 0. The molecule has 0 unspecified atom stereocenters. The molecule has 0 fully saturated rings. The van der Waals surface area contributed by atoms with Crippen molar-refractivity contribution in [1.82, 2.24) is 10.3 Å². The smallest absolute Gasteiger partial charge is 0.308 e. The highest BCUT2D eigenvalue weighted by Gasteiger charge is 2.08. The van der Waals surface area contributed by atoms with E-state index < -0.39 is 5.97 Å². The number of carbonyl (C=O) groups excluding carboxylic acids is 3. The number of pyridine rings is 1. The lowest BCUT2D eigenvalue weighted by Gasteiger charge is -2.09. The first-order valence-electron chi connectivity index (χ1n) is 8.88. The molecule has 0 saturated carbocycles. The van der Waals surface area contributed by atoms with E-state index in [0.29, 0.717) is 29.1 Å². The number of nitrogens with one attached hydrogen (secondary N) is 2. The summed E-state index contributed by atoms with van der Waals surface area (Å²) < 4.78 is 4.99. The Kier molecular flexibility index (Phi) is 6.32. The standard InChI is InChI=1S/C22H19N3O4/c1-15(26)29-20-4-2-3-18(13-20)21(27)24-14-16-5-7-19(8-6-16)25-22(28)17-9-11-23-12-10-17/h2-13H,14H2,1H3,(H,24,27)(H,25,28). The van der Waals surface area contributed by atoms with Gasteiger partial charge in [-0.3, -0.25) is 19.4 Å². The molecule has 0 bridgehead atoms. The maximum absolute atomic E-state index is 12.3. The van der Waals surface area contributed by atoms with E-state index in [9.17, 15) is 14.4 Å². The van der Waals surface area contributed by atoms with Crippen LogP contribution in [0.2, 0.25) is 0 Å². The van der Waals surface area contributed by atoms with Crippen LogP contribution in [0.15, 0.2) is 73.1 Å². The number of hydrogen-bond donors (Lipinski definition) is 2. The molecule has 7 heteroatoms. The van der Waals surface area contributed by atoms with E-state index in [2.05, 4.69) is 15.6 Å². The van der Waals surface area contributed by atoms with Gasteiger partial charge in [0.15, 0.2) is 0 Å². The summed E-state index contributed by atoms with van der Waals surface area (Å²) in [5.74, 6) is -0.631. The first-order chi connectivity index (χ1) is 14.0. The summed E-state index contributed by atoms with van der Waals surface area (Å²) in [4.78, 5) is 39.4. The van der Waals surface area contributed by atoms with Gasteiger partial charge in [0.1, 0.15) is 5.75 Å². The van der Waals surface area contributed by atoms with E-state index in [4.69, 9.17) is 4.74 Å². The Morgan fingerprint density at radius 1 is 0.897 bits per heavy atom. The van der Waals surface area contributed by atoms with E-state index in [0.717, 1.165) is 5.56 Å². The first kappa shape index (κ1) is 19.8. The second-order valence-electron chi connectivity index (χ2n) is 6.19. The van der Waals surface area contributed by atoms with Crippen molar-refractivity contribution in [3.63, 3.8) is 0 Å². The number of nitrogens with zero attached hydrogens (tertiary/aromatic N) is 1. The lowest BCUT2D eigenvalue weighted by molar-refractivity contribution is -0.131. The van der Waals surface area contributed by atoms with E-state index >= 15 is 0 Å². The molecule has 2 aromatic carbocycles. The number of ether oxygens (including phenoxy) is 1. The molecule has 3 aromatic rings. The molecular formula is C22H19N3O4. The lowest BCUT2D eigenvalue weighted by atomic mass is 10.1. The molecular weight excluding hydrogens is 370 g/mol. The number of anilines is 1. The van der Waals surface area contributed by atoms with Gasteiger partial charge >= 0.3 is 5.97 Å². The van der Waals surface area contributed by atoms with Crippen molar-refractivity contribution < 1.29 is 19.1 Å². The Bertz CT molecular complexity index is 1020. The summed E-state index contributed by atoms with van der Waals surface area (Å²) in [5, 5.41) is 5.61. The van der Waals surface area contributed by atoms with Gasteiger partial charge in [-0.15, -0.1) is 0 Å². The molecule has 2 N–H and O–H groups in total. The van der Waals surface area contributed by atoms with Crippen molar-refractivity contribution in [2.75, 3.05) is 5.32 Å². The van der Waals surface area contributed by atoms with Crippen LogP contribution in [0, 0.1) is 0 Å². The molecule has 0 saturated heterocycles. The first-order valence-corrected chi connectivity index (χ1v) is 8.88. The molecule has 7 nitrogen and oxygen atoms in total. The Morgan fingerprint density at radius 3 is 2.31 bits per heavy atom. The minimum atomic E-state index is -0.446. The number of rotatable bonds is 6. The monoisotopic (exact) mass is 389 g/mol. The highest BCUT2D eigenvalue weighted by molar-refractivity contribution is 6.04. The summed E-state index contributed by atoms with van der Waals surface area (Å²) in [6.45, 7) is 1.62. The average molecular weight is 389 g/mol. The van der Waals surface area contributed by atoms with Gasteiger partial charge in [-0.25, -0.2) is 0 Å². The van der Waals surface area contributed by atoms with Gasteiger partial charge in [-0.1, -0.05) is 18.2 Å². The second kappa shape index (κ2) is 9.27. The third-order valence-electron chi connectivity index (χ3n) is 3.97. The van der Waals surface area contributed by atoms with E-state index in [-0.39, 0.29) is 11.8 Å². The molecule has 1 heterocycles. The van der Waals surface area contributed by atoms with Gasteiger partial charge in [0, 0.05) is 42.7 Å².